The van der Waals surface area contributed by atoms with E-state index in [1.165, 1.54) is 10.8 Å². The molecule has 0 unspecified atom stereocenters. The number of aliphatic hydroxyl groups is 1. The number of hydrogen-bond donors (Lipinski definition) is 1. The third-order valence-corrected chi connectivity index (χ3v) is 1.42. The van der Waals surface area contributed by atoms with E-state index in [1.54, 1.807) is 12.3 Å². The molecule has 0 aliphatic carbocycles. The number of aliphatic hydroxyl groups excluding tert-OH is 1. The monoisotopic (exact) mass is 150 g/mol. The molecule has 0 saturated carbocycles. The van der Waals surface area contributed by atoms with E-state index in [9.17, 15) is 0 Å². The Balaban J connectivity index is 2.79. The lowest BCUT2D eigenvalue weighted by Gasteiger charge is -1.96. The van der Waals surface area contributed by atoms with E-state index < -0.39 is 0 Å². The summed E-state index contributed by atoms with van der Waals surface area (Å²) >= 11 is 0. The summed E-state index contributed by atoms with van der Waals surface area (Å²) in [6.07, 6.45) is 3.00. The fourth-order valence-corrected chi connectivity index (χ4v) is 0.906. The van der Waals surface area contributed by atoms with E-state index in [0.29, 0.717) is 11.5 Å². The maximum absolute atomic E-state index is 8.84. The van der Waals surface area contributed by atoms with Crippen molar-refractivity contribution < 1.29 is 5.11 Å². The first-order valence-electron chi connectivity index (χ1n) is 3.16. The normalized spacial score (nSPS) is 10.6. The van der Waals surface area contributed by atoms with Gasteiger partial charge in [0.1, 0.15) is 6.33 Å². The van der Waals surface area contributed by atoms with E-state index in [4.69, 9.17) is 5.11 Å². The van der Waals surface area contributed by atoms with Crippen molar-refractivity contribution in [1.29, 1.82) is 0 Å². The van der Waals surface area contributed by atoms with Crippen LogP contribution >= 0.6 is 0 Å². The smallest absolute Gasteiger partial charge is 0.252 e. The topological polar surface area (TPSA) is 63.3 Å². The van der Waals surface area contributed by atoms with Gasteiger partial charge in [-0.25, -0.2) is 4.98 Å². The minimum absolute atomic E-state index is 0.0532. The quantitative estimate of drug-likeness (QED) is 0.601. The molecular weight excluding hydrogens is 144 g/mol. The molecule has 2 rings (SSSR count). The number of aromatic nitrogens is 4. The van der Waals surface area contributed by atoms with Gasteiger partial charge in [0.2, 0.25) is 0 Å². The molecule has 2 aromatic heterocycles. The first-order chi connectivity index (χ1) is 5.42. The summed E-state index contributed by atoms with van der Waals surface area (Å²) in [5.41, 5.74) is 0.688. The van der Waals surface area contributed by atoms with Crippen LogP contribution in [0.2, 0.25) is 0 Å². The highest BCUT2D eigenvalue weighted by atomic mass is 16.3. The molecule has 2 heterocycles. The van der Waals surface area contributed by atoms with Crippen LogP contribution in [0.15, 0.2) is 18.6 Å². The van der Waals surface area contributed by atoms with Crippen molar-refractivity contribution in [2.45, 2.75) is 6.61 Å². The summed E-state index contributed by atoms with van der Waals surface area (Å²) in [7, 11) is 0. The van der Waals surface area contributed by atoms with Crippen LogP contribution in [0.5, 0.6) is 0 Å². The summed E-state index contributed by atoms with van der Waals surface area (Å²) in [4.78, 5) is 7.78. The highest BCUT2D eigenvalue weighted by Gasteiger charge is 1.99. The maximum Gasteiger partial charge on any atom is 0.252 e. The summed E-state index contributed by atoms with van der Waals surface area (Å²) in [6, 6.07) is 1.70. The van der Waals surface area contributed by atoms with Crippen LogP contribution in [0, 0.1) is 0 Å². The van der Waals surface area contributed by atoms with Crippen LogP contribution in [0.3, 0.4) is 0 Å². The van der Waals surface area contributed by atoms with Crippen LogP contribution in [0.25, 0.3) is 5.78 Å². The van der Waals surface area contributed by atoms with Gasteiger partial charge in [0.25, 0.3) is 5.78 Å². The molecule has 0 fully saturated rings. The average Bonchev–Trinajstić information content (AvgIpc) is 2.50. The molecule has 0 saturated heterocycles. The predicted octanol–water partition coefficient (Wildman–Crippen LogP) is -0.383. The molecular formula is C6H6N4O. The second-order valence-electron chi connectivity index (χ2n) is 2.07. The highest BCUT2D eigenvalue weighted by molar-refractivity contribution is 5.25. The standard InChI is InChI=1S/C6H6N4O/c11-3-5-1-2-7-6-8-4-9-10(5)6/h1-2,4,11H,3H2. The second kappa shape index (κ2) is 2.28. The molecule has 0 aliphatic rings. The van der Waals surface area contributed by atoms with Crippen molar-refractivity contribution >= 4 is 5.78 Å². The Hall–Kier alpha value is -1.49. The number of hydrogen-bond acceptors (Lipinski definition) is 4. The van der Waals surface area contributed by atoms with Gasteiger partial charge in [0.15, 0.2) is 0 Å². The molecule has 0 amide bonds. The first kappa shape index (κ1) is 6.23. The van der Waals surface area contributed by atoms with Crippen molar-refractivity contribution in [2.75, 3.05) is 0 Å². The van der Waals surface area contributed by atoms with Gasteiger partial charge in [-0.1, -0.05) is 0 Å². The van der Waals surface area contributed by atoms with Crippen LogP contribution in [0.4, 0.5) is 0 Å². The van der Waals surface area contributed by atoms with Crippen LogP contribution in [-0.2, 0) is 6.61 Å². The maximum atomic E-state index is 8.84. The second-order valence-corrected chi connectivity index (χ2v) is 2.07. The van der Waals surface area contributed by atoms with Gasteiger partial charge in [0.05, 0.1) is 12.3 Å². The Morgan fingerprint density at radius 3 is 3.18 bits per heavy atom. The molecule has 2 aromatic rings. The molecule has 0 aromatic carbocycles. The molecule has 0 spiro atoms. The molecule has 0 radical (unpaired) electrons. The van der Waals surface area contributed by atoms with E-state index in [2.05, 4.69) is 15.1 Å². The summed E-state index contributed by atoms with van der Waals surface area (Å²) in [5, 5.41) is 12.7. The highest BCUT2D eigenvalue weighted by Crippen LogP contribution is 1.98. The van der Waals surface area contributed by atoms with Gasteiger partial charge in [-0.3, -0.25) is 0 Å². The molecule has 5 heteroatoms. The van der Waals surface area contributed by atoms with Crippen LogP contribution in [0.1, 0.15) is 5.69 Å². The van der Waals surface area contributed by atoms with Gasteiger partial charge in [-0.2, -0.15) is 14.6 Å². The molecule has 0 atom stereocenters. The predicted molar refractivity (Wildman–Crippen MR) is 36.7 cm³/mol. The summed E-state index contributed by atoms with van der Waals surface area (Å²) < 4.78 is 1.50. The zero-order valence-corrected chi connectivity index (χ0v) is 5.68. The minimum atomic E-state index is -0.0532. The molecule has 1 N–H and O–H groups in total. The van der Waals surface area contributed by atoms with Gasteiger partial charge in [-0.15, -0.1) is 0 Å². The lowest BCUT2D eigenvalue weighted by molar-refractivity contribution is 0.273. The fraction of sp³-hybridized carbons (Fsp3) is 0.167. The molecule has 0 aliphatic heterocycles. The Labute approximate surface area is 62.3 Å². The van der Waals surface area contributed by atoms with Gasteiger partial charge >= 0.3 is 0 Å². The lowest BCUT2D eigenvalue weighted by atomic mass is 10.4. The van der Waals surface area contributed by atoms with Crippen LogP contribution in [-0.4, -0.2) is 24.7 Å². The number of rotatable bonds is 1. The average molecular weight is 150 g/mol. The fourth-order valence-electron chi connectivity index (χ4n) is 0.906. The Bertz CT molecular complexity index is 369. The Morgan fingerprint density at radius 2 is 2.36 bits per heavy atom. The van der Waals surface area contributed by atoms with E-state index in [-0.39, 0.29) is 6.61 Å². The first-order valence-corrected chi connectivity index (χ1v) is 3.16. The lowest BCUT2D eigenvalue weighted by Crippen LogP contribution is -1.99. The van der Waals surface area contributed by atoms with Crippen molar-refractivity contribution in [3.05, 3.63) is 24.3 Å². The van der Waals surface area contributed by atoms with Gasteiger partial charge in [-0.05, 0) is 6.07 Å². The largest absolute Gasteiger partial charge is 0.390 e. The molecule has 56 valence electrons. The van der Waals surface area contributed by atoms with E-state index in [0.717, 1.165) is 0 Å². The van der Waals surface area contributed by atoms with Crippen LogP contribution < -0.4 is 0 Å². The molecule has 0 bridgehead atoms. The van der Waals surface area contributed by atoms with Gasteiger partial charge in [0, 0.05) is 6.20 Å². The minimum Gasteiger partial charge on any atom is -0.390 e. The third kappa shape index (κ3) is 0.857. The number of fused-ring (bicyclic) bond motifs is 1. The van der Waals surface area contributed by atoms with Crippen molar-refractivity contribution in [3.8, 4) is 0 Å². The zero-order chi connectivity index (χ0) is 7.68. The van der Waals surface area contributed by atoms with Crippen molar-refractivity contribution in [3.63, 3.8) is 0 Å². The van der Waals surface area contributed by atoms with Crippen molar-refractivity contribution in [1.82, 2.24) is 19.6 Å². The van der Waals surface area contributed by atoms with E-state index in [1.807, 2.05) is 0 Å². The summed E-state index contributed by atoms with van der Waals surface area (Å²) in [6.45, 7) is -0.0532. The van der Waals surface area contributed by atoms with E-state index >= 15 is 0 Å². The van der Waals surface area contributed by atoms with Crippen molar-refractivity contribution in [2.24, 2.45) is 0 Å². The Morgan fingerprint density at radius 1 is 1.45 bits per heavy atom. The number of nitrogens with zero attached hydrogens (tertiary/aromatic N) is 4. The summed E-state index contributed by atoms with van der Waals surface area (Å²) in [5.74, 6) is 0.511. The SMILES string of the molecule is OCc1ccnc2ncnn12. The third-order valence-electron chi connectivity index (χ3n) is 1.42. The zero-order valence-electron chi connectivity index (χ0n) is 5.68. The van der Waals surface area contributed by atoms with Gasteiger partial charge < -0.3 is 5.11 Å². The molecule has 11 heavy (non-hydrogen) atoms. The Kier molecular flexibility index (Phi) is 1.29. The molecule has 5 nitrogen and oxygen atoms in total.